The van der Waals surface area contributed by atoms with Gasteiger partial charge in [0.15, 0.2) is 11.0 Å². The molecule has 0 aromatic carbocycles. The monoisotopic (exact) mass is 362 g/mol. The van der Waals surface area contributed by atoms with E-state index < -0.39 is 0 Å². The molecule has 0 radical (unpaired) electrons. The van der Waals surface area contributed by atoms with E-state index in [1.165, 1.54) is 24.2 Å². The predicted molar refractivity (Wildman–Crippen MR) is 94.3 cm³/mol. The molecule has 8 nitrogen and oxygen atoms in total. The third kappa shape index (κ3) is 4.47. The van der Waals surface area contributed by atoms with Gasteiger partial charge in [0, 0.05) is 24.7 Å². The van der Waals surface area contributed by atoms with E-state index in [4.69, 9.17) is 0 Å². The third-order valence-electron chi connectivity index (χ3n) is 4.11. The van der Waals surface area contributed by atoms with Crippen molar-refractivity contribution >= 4 is 17.7 Å². The van der Waals surface area contributed by atoms with Crippen LogP contribution in [0, 0.1) is 6.92 Å². The van der Waals surface area contributed by atoms with Crippen LogP contribution in [0.3, 0.4) is 0 Å². The second-order valence-electron chi connectivity index (χ2n) is 6.16. The Hall–Kier alpha value is -2.16. The maximum atomic E-state index is 12.3. The van der Waals surface area contributed by atoms with Gasteiger partial charge < -0.3 is 14.9 Å². The number of hydrogen-bond donors (Lipinski definition) is 2. The van der Waals surface area contributed by atoms with Crippen molar-refractivity contribution in [3.05, 3.63) is 33.8 Å². The van der Waals surface area contributed by atoms with Crippen LogP contribution in [0.15, 0.2) is 16.0 Å². The molecule has 0 saturated carbocycles. The first-order chi connectivity index (χ1) is 12.0. The Labute approximate surface area is 149 Å². The van der Waals surface area contributed by atoms with Gasteiger partial charge in [0.2, 0.25) is 5.91 Å². The van der Waals surface area contributed by atoms with Crippen LogP contribution in [0.4, 0.5) is 0 Å². The highest BCUT2D eigenvalue weighted by Gasteiger charge is 2.18. The van der Waals surface area contributed by atoms with Crippen molar-refractivity contribution in [2.75, 3.05) is 0 Å². The quantitative estimate of drug-likeness (QED) is 0.611. The molecule has 0 aliphatic carbocycles. The summed E-state index contributed by atoms with van der Waals surface area (Å²) in [7, 11) is 0. The maximum absolute atomic E-state index is 12.3. The molecule has 0 saturated heterocycles. The summed E-state index contributed by atoms with van der Waals surface area (Å²) >= 11 is 1.23. The van der Waals surface area contributed by atoms with E-state index in [-0.39, 0.29) is 16.7 Å². The molecule has 1 aliphatic heterocycles. The van der Waals surface area contributed by atoms with Crippen LogP contribution in [-0.2, 0) is 24.3 Å². The number of aromatic amines is 1. The highest BCUT2D eigenvalue weighted by molar-refractivity contribution is 8.00. The van der Waals surface area contributed by atoms with E-state index in [2.05, 4.69) is 30.0 Å². The van der Waals surface area contributed by atoms with Gasteiger partial charge in [-0.15, -0.1) is 10.2 Å². The number of nitrogens with one attached hydrogen (secondary N) is 2. The van der Waals surface area contributed by atoms with Crippen LogP contribution in [0.1, 0.15) is 43.5 Å². The fourth-order valence-electron chi connectivity index (χ4n) is 2.81. The summed E-state index contributed by atoms with van der Waals surface area (Å²) in [4.78, 5) is 30.7. The summed E-state index contributed by atoms with van der Waals surface area (Å²) in [5.41, 5.74) is 0.416. The van der Waals surface area contributed by atoms with E-state index >= 15 is 0 Å². The van der Waals surface area contributed by atoms with Gasteiger partial charge in [-0.05, 0) is 26.7 Å². The molecule has 3 rings (SSSR count). The number of carbonyl (C=O) groups is 1. The average molecular weight is 362 g/mol. The average Bonchev–Trinajstić information content (AvgIpc) is 2.78. The molecule has 0 bridgehead atoms. The van der Waals surface area contributed by atoms with Crippen LogP contribution in [0.2, 0.25) is 0 Å². The number of H-pyrrole nitrogens is 1. The van der Waals surface area contributed by atoms with Crippen LogP contribution in [-0.4, -0.2) is 35.9 Å². The Morgan fingerprint density at radius 3 is 3.04 bits per heavy atom. The first kappa shape index (κ1) is 17.7. The SMILES string of the molecule is Cc1cc(=O)[nH]c(S[C@@H](C)C(=O)NCc2nnc3n2CCCCC3)n1. The fraction of sp³-hybridized carbons (Fsp3) is 0.562. The highest BCUT2D eigenvalue weighted by atomic mass is 32.2. The Bertz CT molecular complexity index is 815. The molecule has 1 atom stereocenters. The molecule has 0 unspecified atom stereocenters. The summed E-state index contributed by atoms with van der Waals surface area (Å²) in [6.07, 6.45) is 4.40. The minimum absolute atomic E-state index is 0.125. The largest absolute Gasteiger partial charge is 0.348 e. The highest BCUT2D eigenvalue weighted by Crippen LogP contribution is 2.19. The molecule has 3 heterocycles. The standard InChI is InChI=1S/C16H22N6O2S/c1-10-8-14(23)19-16(18-10)25-11(2)15(24)17-9-13-21-20-12-6-4-3-5-7-22(12)13/h8,11H,3-7,9H2,1-2H3,(H,17,24)(H,18,19,23)/t11-/m0/s1. The molecular weight excluding hydrogens is 340 g/mol. The first-order valence-electron chi connectivity index (χ1n) is 8.46. The van der Waals surface area contributed by atoms with Crippen LogP contribution >= 0.6 is 11.8 Å². The molecule has 2 N–H and O–H groups in total. The minimum Gasteiger partial charge on any atom is -0.348 e. The van der Waals surface area contributed by atoms with E-state index in [1.807, 2.05) is 0 Å². The molecule has 1 aliphatic rings. The first-order valence-corrected chi connectivity index (χ1v) is 9.34. The molecule has 0 spiro atoms. The number of aromatic nitrogens is 5. The van der Waals surface area contributed by atoms with Crippen LogP contribution < -0.4 is 10.9 Å². The number of rotatable bonds is 5. The van der Waals surface area contributed by atoms with Crippen LogP contribution in [0.25, 0.3) is 0 Å². The molecule has 25 heavy (non-hydrogen) atoms. The zero-order chi connectivity index (χ0) is 17.8. The number of amides is 1. The van der Waals surface area contributed by atoms with Gasteiger partial charge in [-0.3, -0.25) is 9.59 Å². The fourth-order valence-corrected chi connectivity index (χ4v) is 3.70. The molecule has 9 heteroatoms. The molecule has 2 aromatic rings. The van der Waals surface area contributed by atoms with E-state index in [9.17, 15) is 9.59 Å². The van der Waals surface area contributed by atoms with E-state index in [1.54, 1.807) is 13.8 Å². The summed E-state index contributed by atoms with van der Waals surface area (Å²) in [6.45, 7) is 4.80. The number of hydrogen-bond acceptors (Lipinski definition) is 6. The second kappa shape index (κ2) is 7.81. The number of nitrogens with zero attached hydrogens (tertiary/aromatic N) is 4. The van der Waals surface area contributed by atoms with Gasteiger partial charge in [0.05, 0.1) is 11.8 Å². The lowest BCUT2D eigenvalue weighted by molar-refractivity contribution is -0.120. The second-order valence-corrected chi connectivity index (χ2v) is 7.49. The molecule has 1 amide bonds. The summed E-state index contributed by atoms with van der Waals surface area (Å²) in [5.74, 6) is 1.68. The van der Waals surface area contributed by atoms with Crippen LogP contribution in [0.5, 0.6) is 0 Å². The summed E-state index contributed by atoms with van der Waals surface area (Å²) in [5, 5.41) is 11.4. The van der Waals surface area contributed by atoms with E-state index in [0.29, 0.717) is 17.4 Å². The minimum atomic E-state index is -0.378. The third-order valence-corrected chi connectivity index (χ3v) is 5.10. The maximum Gasteiger partial charge on any atom is 0.251 e. The smallest absolute Gasteiger partial charge is 0.251 e. The Kier molecular flexibility index (Phi) is 5.52. The molecule has 134 valence electrons. The van der Waals surface area contributed by atoms with Crippen molar-refractivity contribution in [3.8, 4) is 0 Å². The molecule has 0 fully saturated rings. The summed E-state index contributed by atoms with van der Waals surface area (Å²) < 4.78 is 2.12. The van der Waals surface area contributed by atoms with Crippen molar-refractivity contribution in [1.29, 1.82) is 0 Å². The van der Waals surface area contributed by atoms with Gasteiger partial charge >= 0.3 is 0 Å². The van der Waals surface area contributed by atoms with Crippen molar-refractivity contribution in [3.63, 3.8) is 0 Å². The number of thioether (sulfide) groups is 1. The number of aryl methyl sites for hydroxylation is 2. The van der Waals surface area contributed by atoms with Crippen molar-refractivity contribution in [2.24, 2.45) is 0 Å². The Morgan fingerprint density at radius 2 is 2.24 bits per heavy atom. The lowest BCUT2D eigenvalue weighted by Crippen LogP contribution is -2.31. The topological polar surface area (TPSA) is 106 Å². The zero-order valence-corrected chi connectivity index (χ0v) is 15.2. The summed E-state index contributed by atoms with van der Waals surface area (Å²) in [6, 6.07) is 1.42. The van der Waals surface area contributed by atoms with Gasteiger partial charge in [0.25, 0.3) is 5.56 Å². The van der Waals surface area contributed by atoms with Gasteiger partial charge in [-0.2, -0.15) is 0 Å². The van der Waals surface area contributed by atoms with Gasteiger partial charge in [-0.25, -0.2) is 4.98 Å². The molecular formula is C16H22N6O2S. The Balaban J connectivity index is 1.59. The lowest BCUT2D eigenvalue weighted by atomic mass is 10.2. The van der Waals surface area contributed by atoms with Gasteiger partial charge in [0.1, 0.15) is 5.82 Å². The van der Waals surface area contributed by atoms with Crippen molar-refractivity contribution in [2.45, 2.75) is 63.0 Å². The van der Waals surface area contributed by atoms with Gasteiger partial charge in [-0.1, -0.05) is 18.2 Å². The molecule has 2 aromatic heterocycles. The van der Waals surface area contributed by atoms with E-state index in [0.717, 1.165) is 37.5 Å². The zero-order valence-electron chi connectivity index (χ0n) is 14.4. The lowest BCUT2D eigenvalue weighted by Gasteiger charge is -2.12. The normalized spacial score (nSPS) is 15.3. The van der Waals surface area contributed by atoms with Crippen molar-refractivity contribution in [1.82, 2.24) is 30.0 Å². The Morgan fingerprint density at radius 1 is 1.40 bits per heavy atom. The number of carbonyl (C=O) groups excluding carboxylic acids is 1. The predicted octanol–water partition coefficient (Wildman–Crippen LogP) is 1.19. The number of fused-ring (bicyclic) bond motifs is 1. The van der Waals surface area contributed by atoms with Crippen molar-refractivity contribution < 1.29 is 4.79 Å².